The van der Waals surface area contributed by atoms with E-state index < -0.39 is 10.0 Å². The lowest BCUT2D eigenvalue weighted by atomic mass is 9.96. The zero-order chi connectivity index (χ0) is 18.4. The average Bonchev–Trinajstić information content (AvgIpc) is 2.63. The summed E-state index contributed by atoms with van der Waals surface area (Å²) < 4.78 is 26.4. The van der Waals surface area contributed by atoms with E-state index in [0.717, 1.165) is 32.5 Å². The number of sulfonamides is 1. The summed E-state index contributed by atoms with van der Waals surface area (Å²) >= 11 is 0. The van der Waals surface area contributed by atoms with E-state index in [2.05, 4.69) is 5.32 Å². The van der Waals surface area contributed by atoms with Crippen molar-refractivity contribution in [3.8, 4) is 0 Å². The van der Waals surface area contributed by atoms with E-state index in [-0.39, 0.29) is 10.8 Å². The number of piperidine rings is 1. The highest BCUT2D eigenvalue weighted by molar-refractivity contribution is 7.89. The second-order valence-electron chi connectivity index (χ2n) is 6.41. The molecular weight excluding hydrogens is 338 g/mol. The topological polar surface area (TPSA) is 69.7 Å². The van der Waals surface area contributed by atoms with E-state index in [0.29, 0.717) is 24.6 Å². The number of hydrogen-bond donors (Lipinski definition) is 1. The van der Waals surface area contributed by atoms with Crippen molar-refractivity contribution in [3.05, 3.63) is 29.8 Å². The SMILES string of the molecule is CCN(CC)S(=O)(=O)c1ccc(C(=O)N2CCC(CNC)CC2)cc1. The van der Waals surface area contributed by atoms with E-state index in [1.807, 2.05) is 25.8 Å². The van der Waals surface area contributed by atoms with E-state index in [1.54, 1.807) is 12.1 Å². The van der Waals surface area contributed by atoms with Crippen molar-refractivity contribution in [3.63, 3.8) is 0 Å². The summed E-state index contributed by atoms with van der Waals surface area (Å²) in [4.78, 5) is 14.7. The van der Waals surface area contributed by atoms with Gasteiger partial charge in [0, 0.05) is 31.7 Å². The summed E-state index contributed by atoms with van der Waals surface area (Å²) in [7, 11) is -1.53. The molecule has 1 heterocycles. The normalized spacial score (nSPS) is 16.4. The molecule has 0 aliphatic carbocycles. The lowest BCUT2D eigenvalue weighted by molar-refractivity contribution is 0.0691. The molecule has 0 spiro atoms. The van der Waals surface area contributed by atoms with Crippen LogP contribution in [0.5, 0.6) is 0 Å². The highest BCUT2D eigenvalue weighted by atomic mass is 32.2. The summed E-state index contributed by atoms with van der Waals surface area (Å²) in [5, 5.41) is 3.19. The van der Waals surface area contributed by atoms with Crippen molar-refractivity contribution in [1.82, 2.24) is 14.5 Å². The van der Waals surface area contributed by atoms with Crippen LogP contribution in [0.3, 0.4) is 0 Å². The molecule has 1 aliphatic rings. The Morgan fingerprint density at radius 3 is 2.20 bits per heavy atom. The van der Waals surface area contributed by atoms with Gasteiger partial charge in [-0.05, 0) is 56.6 Å². The van der Waals surface area contributed by atoms with Crippen LogP contribution in [0.15, 0.2) is 29.2 Å². The van der Waals surface area contributed by atoms with Crippen molar-refractivity contribution < 1.29 is 13.2 Å². The molecule has 6 nitrogen and oxygen atoms in total. The Morgan fingerprint density at radius 1 is 1.16 bits per heavy atom. The molecule has 1 saturated heterocycles. The Bertz CT molecular complexity index is 661. The summed E-state index contributed by atoms with van der Waals surface area (Å²) in [6.07, 6.45) is 2.00. The average molecular weight is 368 g/mol. The molecule has 0 saturated carbocycles. The van der Waals surface area contributed by atoms with Crippen LogP contribution in [0.4, 0.5) is 0 Å². The van der Waals surface area contributed by atoms with Gasteiger partial charge in [-0.15, -0.1) is 0 Å². The minimum absolute atomic E-state index is 0.0188. The number of hydrogen-bond acceptors (Lipinski definition) is 4. The minimum atomic E-state index is -3.48. The molecule has 1 aliphatic heterocycles. The van der Waals surface area contributed by atoms with Crippen LogP contribution >= 0.6 is 0 Å². The van der Waals surface area contributed by atoms with Crippen molar-refractivity contribution in [2.45, 2.75) is 31.6 Å². The maximum absolute atomic E-state index is 12.6. The first kappa shape index (κ1) is 19.9. The Balaban J connectivity index is 2.06. The van der Waals surface area contributed by atoms with Gasteiger partial charge in [0.1, 0.15) is 0 Å². The monoisotopic (exact) mass is 367 g/mol. The van der Waals surface area contributed by atoms with E-state index in [4.69, 9.17) is 0 Å². The smallest absolute Gasteiger partial charge is 0.253 e. The number of amides is 1. The van der Waals surface area contributed by atoms with E-state index in [9.17, 15) is 13.2 Å². The van der Waals surface area contributed by atoms with Gasteiger partial charge in [0.15, 0.2) is 0 Å². The van der Waals surface area contributed by atoms with Crippen molar-refractivity contribution in [1.29, 1.82) is 0 Å². The number of benzene rings is 1. The number of nitrogens with one attached hydrogen (secondary N) is 1. The molecule has 140 valence electrons. The van der Waals surface area contributed by atoms with Crippen LogP contribution in [0, 0.1) is 5.92 Å². The lowest BCUT2D eigenvalue weighted by Gasteiger charge is -2.32. The van der Waals surface area contributed by atoms with Crippen LogP contribution in [-0.2, 0) is 10.0 Å². The first-order chi connectivity index (χ1) is 11.9. The zero-order valence-corrected chi connectivity index (χ0v) is 16.2. The Kier molecular flexibility index (Phi) is 6.98. The van der Waals surface area contributed by atoms with Gasteiger partial charge in [-0.3, -0.25) is 4.79 Å². The summed E-state index contributed by atoms with van der Waals surface area (Å²) in [6, 6.07) is 6.32. The molecule has 2 rings (SSSR count). The van der Waals surface area contributed by atoms with E-state index in [1.165, 1.54) is 16.4 Å². The molecule has 1 aromatic rings. The van der Waals surface area contributed by atoms with Gasteiger partial charge in [0.25, 0.3) is 5.91 Å². The molecule has 1 fully saturated rings. The Hall–Kier alpha value is -1.44. The number of rotatable bonds is 7. The highest BCUT2D eigenvalue weighted by Gasteiger charge is 2.25. The number of carbonyl (C=O) groups excluding carboxylic acids is 1. The number of nitrogens with zero attached hydrogens (tertiary/aromatic N) is 2. The maximum atomic E-state index is 12.6. The third kappa shape index (κ3) is 4.59. The highest BCUT2D eigenvalue weighted by Crippen LogP contribution is 2.20. The Labute approximate surface area is 151 Å². The van der Waals surface area contributed by atoms with Crippen LogP contribution in [0.2, 0.25) is 0 Å². The summed E-state index contributed by atoms with van der Waals surface area (Å²) in [6.45, 7) is 6.99. The number of carbonyl (C=O) groups is 1. The molecule has 0 radical (unpaired) electrons. The van der Waals surface area contributed by atoms with Crippen LogP contribution in [0.1, 0.15) is 37.0 Å². The Morgan fingerprint density at radius 2 is 1.72 bits per heavy atom. The fourth-order valence-corrected chi connectivity index (χ4v) is 4.75. The minimum Gasteiger partial charge on any atom is -0.339 e. The van der Waals surface area contributed by atoms with Crippen LogP contribution in [-0.4, -0.2) is 63.3 Å². The van der Waals surface area contributed by atoms with Gasteiger partial charge in [-0.25, -0.2) is 8.42 Å². The van der Waals surface area contributed by atoms with Gasteiger partial charge in [-0.2, -0.15) is 4.31 Å². The van der Waals surface area contributed by atoms with Gasteiger partial charge in [0.2, 0.25) is 10.0 Å². The third-order valence-electron chi connectivity index (χ3n) is 4.84. The van der Waals surface area contributed by atoms with Crippen LogP contribution < -0.4 is 5.32 Å². The predicted molar refractivity (Wildman–Crippen MR) is 99.1 cm³/mol. The quantitative estimate of drug-likeness (QED) is 0.798. The molecular formula is C18H29N3O3S. The molecule has 25 heavy (non-hydrogen) atoms. The van der Waals surface area contributed by atoms with Crippen molar-refractivity contribution in [2.24, 2.45) is 5.92 Å². The zero-order valence-electron chi connectivity index (χ0n) is 15.4. The molecule has 0 atom stereocenters. The predicted octanol–water partition coefficient (Wildman–Crippen LogP) is 1.79. The second kappa shape index (κ2) is 8.78. The van der Waals surface area contributed by atoms with Gasteiger partial charge in [0.05, 0.1) is 4.90 Å². The molecule has 1 N–H and O–H groups in total. The second-order valence-corrected chi connectivity index (χ2v) is 8.34. The van der Waals surface area contributed by atoms with Crippen LogP contribution in [0.25, 0.3) is 0 Å². The largest absolute Gasteiger partial charge is 0.339 e. The molecule has 0 bridgehead atoms. The number of likely N-dealkylation sites (tertiary alicyclic amines) is 1. The maximum Gasteiger partial charge on any atom is 0.253 e. The fraction of sp³-hybridized carbons (Fsp3) is 0.611. The molecule has 7 heteroatoms. The molecule has 1 aromatic carbocycles. The fourth-order valence-electron chi connectivity index (χ4n) is 3.29. The molecule has 1 amide bonds. The van der Waals surface area contributed by atoms with Crippen molar-refractivity contribution >= 4 is 15.9 Å². The van der Waals surface area contributed by atoms with Crippen molar-refractivity contribution in [2.75, 3.05) is 39.8 Å². The standard InChI is InChI=1S/C18H29N3O3S/c1-4-21(5-2)25(23,24)17-8-6-16(7-9-17)18(22)20-12-10-15(11-13-20)14-19-3/h6-9,15,19H,4-5,10-14H2,1-3H3. The van der Waals surface area contributed by atoms with Gasteiger partial charge < -0.3 is 10.2 Å². The summed E-state index contributed by atoms with van der Waals surface area (Å²) in [5.74, 6) is 0.602. The third-order valence-corrected chi connectivity index (χ3v) is 6.90. The molecule has 0 aromatic heterocycles. The van der Waals surface area contributed by atoms with Gasteiger partial charge in [-0.1, -0.05) is 13.8 Å². The molecule has 0 unspecified atom stereocenters. The van der Waals surface area contributed by atoms with E-state index >= 15 is 0 Å². The van der Waals surface area contributed by atoms with Gasteiger partial charge >= 0.3 is 0 Å². The first-order valence-corrected chi connectivity index (χ1v) is 10.4. The first-order valence-electron chi connectivity index (χ1n) is 8.98. The lowest BCUT2D eigenvalue weighted by Crippen LogP contribution is -2.40. The summed E-state index contributed by atoms with van der Waals surface area (Å²) in [5.41, 5.74) is 0.547.